The van der Waals surface area contributed by atoms with Gasteiger partial charge >= 0.3 is 0 Å². The van der Waals surface area contributed by atoms with Crippen LogP contribution in [0, 0.1) is 0 Å². The standard InChI is InChI=1S/C16H27N3/c1-3-15(16(17)14-8-6-5-7-9-14)19-12-10-18(4-2)11-13-19/h5-9,15-16H,3-4,10-13,17H2,1-2H3. The first-order valence-electron chi connectivity index (χ1n) is 7.53. The van der Waals surface area contributed by atoms with Crippen molar-refractivity contribution < 1.29 is 0 Å². The molecule has 2 atom stereocenters. The van der Waals surface area contributed by atoms with Crippen molar-refractivity contribution in [2.24, 2.45) is 5.73 Å². The first kappa shape index (κ1) is 14.5. The molecular formula is C16H27N3. The fourth-order valence-corrected chi connectivity index (χ4v) is 3.05. The summed E-state index contributed by atoms with van der Waals surface area (Å²) in [5.74, 6) is 0. The summed E-state index contributed by atoms with van der Waals surface area (Å²) in [4.78, 5) is 5.08. The predicted octanol–water partition coefficient (Wildman–Crippen LogP) is 2.10. The van der Waals surface area contributed by atoms with E-state index >= 15 is 0 Å². The van der Waals surface area contributed by atoms with E-state index < -0.39 is 0 Å². The highest BCUT2D eigenvalue weighted by Crippen LogP contribution is 2.22. The van der Waals surface area contributed by atoms with Gasteiger partial charge < -0.3 is 10.6 Å². The number of piperazine rings is 1. The van der Waals surface area contributed by atoms with Crippen LogP contribution < -0.4 is 5.73 Å². The Labute approximate surface area is 117 Å². The molecule has 1 aliphatic heterocycles. The van der Waals surface area contributed by atoms with Gasteiger partial charge in [0.25, 0.3) is 0 Å². The molecule has 0 aromatic heterocycles. The van der Waals surface area contributed by atoms with Crippen LogP contribution in [-0.2, 0) is 0 Å². The molecule has 2 unspecified atom stereocenters. The van der Waals surface area contributed by atoms with Crippen LogP contribution in [0.5, 0.6) is 0 Å². The minimum Gasteiger partial charge on any atom is -0.323 e. The Hall–Kier alpha value is -0.900. The van der Waals surface area contributed by atoms with E-state index in [4.69, 9.17) is 5.73 Å². The molecule has 3 nitrogen and oxygen atoms in total. The number of hydrogen-bond donors (Lipinski definition) is 1. The molecule has 0 spiro atoms. The van der Waals surface area contributed by atoms with E-state index in [-0.39, 0.29) is 6.04 Å². The van der Waals surface area contributed by atoms with Crippen LogP contribution in [-0.4, -0.2) is 48.6 Å². The van der Waals surface area contributed by atoms with Crippen LogP contribution in [0.4, 0.5) is 0 Å². The Bertz CT molecular complexity index is 358. The van der Waals surface area contributed by atoms with Gasteiger partial charge in [0, 0.05) is 38.3 Å². The second kappa shape index (κ2) is 7.04. The highest BCUT2D eigenvalue weighted by atomic mass is 15.3. The summed E-state index contributed by atoms with van der Waals surface area (Å²) in [5, 5.41) is 0. The van der Waals surface area contributed by atoms with Crippen molar-refractivity contribution in [3.63, 3.8) is 0 Å². The molecule has 1 saturated heterocycles. The van der Waals surface area contributed by atoms with Gasteiger partial charge in [0.1, 0.15) is 0 Å². The summed E-state index contributed by atoms with van der Waals surface area (Å²) >= 11 is 0. The molecule has 1 heterocycles. The predicted molar refractivity (Wildman–Crippen MR) is 81.1 cm³/mol. The van der Waals surface area contributed by atoms with Crippen LogP contribution >= 0.6 is 0 Å². The summed E-state index contributed by atoms with van der Waals surface area (Å²) in [6, 6.07) is 11.1. The first-order chi connectivity index (χ1) is 9.26. The van der Waals surface area contributed by atoms with E-state index in [2.05, 4.69) is 54.0 Å². The molecule has 1 aliphatic rings. The molecule has 3 heteroatoms. The summed E-state index contributed by atoms with van der Waals surface area (Å²) < 4.78 is 0. The Morgan fingerprint density at radius 3 is 2.21 bits per heavy atom. The maximum atomic E-state index is 6.49. The molecule has 0 saturated carbocycles. The summed E-state index contributed by atoms with van der Waals surface area (Å²) in [5.41, 5.74) is 7.75. The van der Waals surface area contributed by atoms with Crippen molar-refractivity contribution in [2.45, 2.75) is 32.4 Å². The van der Waals surface area contributed by atoms with Gasteiger partial charge in [-0.15, -0.1) is 0 Å². The molecule has 19 heavy (non-hydrogen) atoms. The second-order valence-electron chi connectivity index (χ2n) is 5.38. The van der Waals surface area contributed by atoms with Gasteiger partial charge in [-0.1, -0.05) is 44.2 Å². The SMILES string of the molecule is CCC(C(N)c1ccccc1)N1CCN(CC)CC1. The van der Waals surface area contributed by atoms with Crippen LogP contribution in [0.25, 0.3) is 0 Å². The van der Waals surface area contributed by atoms with Gasteiger partial charge in [0.15, 0.2) is 0 Å². The van der Waals surface area contributed by atoms with E-state index in [0.29, 0.717) is 6.04 Å². The van der Waals surface area contributed by atoms with Crippen molar-refractivity contribution in [2.75, 3.05) is 32.7 Å². The fraction of sp³-hybridized carbons (Fsp3) is 0.625. The lowest BCUT2D eigenvalue weighted by atomic mass is 9.96. The molecule has 0 bridgehead atoms. The van der Waals surface area contributed by atoms with E-state index in [1.807, 2.05) is 0 Å². The number of nitrogens with two attached hydrogens (primary N) is 1. The third kappa shape index (κ3) is 3.56. The van der Waals surface area contributed by atoms with Crippen molar-refractivity contribution in [3.05, 3.63) is 35.9 Å². The largest absolute Gasteiger partial charge is 0.323 e. The second-order valence-corrected chi connectivity index (χ2v) is 5.38. The van der Waals surface area contributed by atoms with Crippen molar-refractivity contribution in [1.82, 2.24) is 9.80 Å². The van der Waals surface area contributed by atoms with Gasteiger partial charge in [-0.2, -0.15) is 0 Å². The monoisotopic (exact) mass is 261 g/mol. The van der Waals surface area contributed by atoms with E-state index in [9.17, 15) is 0 Å². The van der Waals surface area contributed by atoms with Crippen molar-refractivity contribution >= 4 is 0 Å². The third-order valence-electron chi connectivity index (χ3n) is 4.34. The molecule has 106 valence electrons. The van der Waals surface area contributed by atoms with Gasteiger partial charge in [0.05, 0.1) is 0 Å². The van der Waals surface area contributed by atoms with E-state index in [1.165, 1.54) is 18.7 Å². The van der Waals surface area contributed by atoms with E-state index in [1.54, 1.807) is 0 Å². The molecule has 1 fully saturated rings. The lowest BCUT2D eigenvalue weighted by molar-refractivity contribution is 0.0854. The Kier molecular flexibility index (Phi) is 5.37. The lowest BCUT2D eigenvalue weighted by Crippen LogP contribution is -2.52. The quantitative estimate of drug-likeness (QED) is 0.881. The Morgan fingerprint density at radius 2 is 1.68 bits per heavy atom. The highest BCUT2D eigenvalue weighted by Gasteiger charge is 2.27. The van der Waals surface area contributed by atoms with Crippen LogP contribution in [0.1, 0.15) is 31.9 Å². The maximum Gasteiger partial charge on any atom is 0.0453 e. The molecule has 1 aromatic carbocycles. The van der Waals surface area contributed by atoms with Gasteiger partial charge in [-0.25, -0.2) is 0 Å². The Balaban J connectivity index is 2.00. The number of likely N-dealkylation sites (N-methyl/N-ethyl adjacent to an activating group) is 1. The molecule has 1 aromatic rings. The third-order valence-corrected chi connectivity index (χ3v) is 4.34. The number of rotatable bonds is 5. The normalized spacial score (nSPS) is 21.2. The zero-order chi connectivity index (χ0) is 13.7. The summed E-state index contributed by atoms with van der Waals surface area (Å²) in [6.45, 7) is 10.3. The van der Waals surface area contributed by atoms with Crippen molar-refractivity contribution in [1.29, 1.82) is 0 Å². The minimum atomic E-state index is 0.124. The van der Waals surface area contributed by atoms with E-state index in [0.717, 1.165) is 26.1 Å². The number of nitrogens with zero attached hydrogens (tertiary/aromatic N) is 2. The highest BCUT2D eigenvalue weighted by molar-refractivity contribution is 5.20. The van der Waals surface area contributed by atoms with Crippen LogP contribution in [0.3, 0.4) is 0 Å². The fourth-order valence-electron chi connectivity index (χ4n) is 3.05. The number of benzene rings is 1. The topological polar surface area (TPSA) is 32.5 Å². The lowest BCUT2D eigenvalue weighted by Gasteiger charge is -2.41. The van der Waals surface area contributed by atoms with Gasteiger partial charge in [-0.3, -0.25) is 4.90 Å². The first-order valence-corrected chi connectivity index (χ1v) is 7.53. The van der Waals surface area contributed by atoms with Crippen molar-refractivity contribution in [3.8, 4) is 0 Å². The summed E-state index contributed by atoms with van der Waals surface area (Å²) in [6.07, 6.45) is 1.11. The van der Waals surface area contributed by atoms with Gasteiger partial charge in [0.2, 0.25) is 0 Å². The molecular weight excluding hydrogens is 234 g/mol. The molecule has 0 radical (unpaired) electrons. The van der Waals surface area contributed by atoms with Crippen LogP contribution in [0.15, 0.2) is 30.3 Å². The smallest absolute Gasteiger partial charge is 0.0453 e. The minimum absolute atomic E-state index is 0.124. The molecule has 0 aliphatic carbocycles. The summed E-state index contributed by atoms with van der Waals surface area (Å²) in [7, 11) is 0. The van der Waals surface area contributed by atoms with Gasteiger partial charge in [-0.05, 0) is 18.5 Å². The average molecular weight is 261 g/mol. The molecule has 0 amide bonds. The average Bonchev–Trinajstić information content (AvgIpc) is 2.49. The zero-order valence-corrected chi connectivity index (χ0v) is 12.3. The number of hydrogen-bond acceptors (Lipinski definition) is 3. The molecule has 2 rings (SSSR count). The molecule has 2 N–H and O–H groups in total. The van der Waals surface area contributed by atoms with Crippen LogP contribution in [0.2, 0.25) is 0 Å². The maximum absolute atomic E-state index is 6.49. The zero-order valence-electron chi connectivity index (χ0n) is 12.3. The Morgan fingerprint density at radius 1 is 1.05 bits per heavy atom.